The first-order chi connectivity index (χ1) is 17.0. The fraction of sp³-hybridized carbons (Fsp3) is 0.222. The molecule has 0 fully saturated rings. The van der Waals surface area contributed by atoms with Gasteiger partial charge in [0.15, 0.2) is 22.5 Å². The molecule has 1 amide bonds. The predicted molar refractivity (Wildman–Crippen MR) is 135 cm³/mol. The molecule has 4 rings (SSSR count). The van der Waals surface area contributed by atoms with Gasteiger partial charge in [0.1, 0.15) is 6.61 Å². The van der Waals surface area contributed by atoms with E-state index in [1.165, 1.54) is 23.4 Å². The molecular formula is C27H27FN4O2S. The summed E-state index contributed by atoms with van der Waals surface area (Å²) in [7, 11) is 0. The molecule has 0 aliphatic heterocycles. The van der Waals surface area contributed by atoms with E-state index in [1.54, 1.807) is 18.2 Å². The second-order valence-corrected chi connectivity index (χ2v) is 9.41. The first kappa shape index (κ1) is 24.5. The van der Waals surface area contributed by atoms with Crippen molar-refractivity contribution in [3.05, 3.63) is 102 Å². The molecule has 0 spiro atoms. The SMILES string of the molecule is CC(Sc1nnc(COc2ccccc2F)n1-c1ccccc1)C(=O)NCC(C)c1ccccc1. The summed E-state index contributed by atoms with van der Waals surface area (Å²) in [5, 5.41) is 11.8. The number of hydrogen-bond donors (Lipinski definition) is 1. The number of amides is 1. The van der Waals surface area contributed by atoms with E-state index in [9.17, 15) is 9.18 Å². The van der Waals surface area contributed by atoms with Gasteiger partial charge in [-0.25, -0.2) is 4.39 Å². The minimum atomic E-state index is -0.442. The summed E-state index contributed by atoms with van der Waals surface area (Å²) < 4.78 is 21.5. The van der Waals surface area contributed by atoms with Crippen LogP contribution < -0.4 is 10.1 Å². The van der Waals surface area contributed by atoms with Crippen molar-refractivity contribution in [1.29, 1.82) is 0 Å². The maximum atomic E-state index is 14.0. The summed E-state index contributed by atoms with van der Waals surface area (Å²) in [6, 6.07) is 25.9. The van der Waals surface area contributed by atoms with E-state index < -0.39 is 11.1 Å². The van der Waals surface area contributed by atoms with Crippen LogP contribution in [0, 0.1) is 5.82 Å². The van der Waals surface area contributed by atoms with Crippen LogP contribution in [0.15, 0.2) is 90.1 Å². The van der Waals surface area contributed by atoms with E-state index in [0.29, 0.717) is 17.5 Å². The summed E-state index contributed by atoms with van der Waals surface area (Å²) in [6.07, 6.45) is 0. The Labute approximate surface area is 208 Å². The zero-order chi connectivity index (χ0) is 24.6. The van der Waals surface area contributed by atoms with Crippen molar-refractivity contribution in [2.24, 2.45) is 0 Å². The number of aromatic nitrogens is 3. The second-order valence-electron chi connectivity index (χ2n) is 8.11. The average Bonchev–Trinajstić information content (AvgIpc) is 3.29. The zero-order valence-electron chi connectivity index (χ0n) is 19.6. The molecule has 0 saturated heterocycles. The molecule has 180 valence electrons. The Hall–Kier alpha value is -3.65. The van der Waals surface area contributed by atoms with Gasteiger partial charge in [-0.2, -0.15) is 0 Å². The highest BCUT2D eigenvalue weighted by Crippen LogP contribution is 2.27. The molecule has 1 heterocycles. The fourth-order valence-corrected chi connectivity index (χ4v) is 4.43. The molecule has 6 nitrogen and oxygen atoms in total. The number of carbonyl (C=O) groups excluding carboxylic acids is 1. The number of nitrogens with one attached hydrogen (secondary N) is 1. The summed E-state index contributed by atoms with van der Waals surface area (Å²) in [5.41, 5.74) is 2.01. The topological polar surface area (TPSA) is 69.0 Å². The maximum Gasteiger partial charge on any atom is 0.233 e. The Morgan fingerprint density at radius 1 is 0.971 bits per heavy atom. The number of rotatable bonds is 10. The van der Waals surface area contributed by atoms with E-state index in [2.05, 4.69) is 34.6 Å². The standard InChI is InChI=1S/C27H27FN4O2S/c1-19(21-11-5-3-6-12-21)17-29-26(33)20(2)35-27-31-30-25(32(27)22-13-7-4-8-14-22)18-34-24-16-10-9-15-23(24)28/h3-16,19-20H,17-18H2,1-2H3,(H,29,33). The third-order valence-corrected chi connectivity index (χ3v) is 6.55. The van der Waals surface area contributed by atoms with Crippen LogP contribution in [-0.2, 0) is 11.4 Å². The molecule has 4 aromatic rings. The zero-order valence-corrected chi connectivity index (χ0v) is 20.4. The first-order valence-corrected chi connectivity index (χ1v) is 12.3. The molecule has 1 N–H and O–H groups in total. The van der Waals surface area contributed by atoms with Crippen molar-refractivity contribution in [3.8, 4) is 11.4 Å². The summed E-state index contributed by atoms with van der Waals surface area (Å²) in [5.74, 6) is 0.330. The molecule has 0 aliphatic carbocycles. The fourth-order valence-electron chi connectivity index (χ4n) is 3.52. The van der Waals surface area contributed by atoms with E-state index in [4.69, 9.17) is 4.74 Å². The van der Waals surface area contributed by atoms with Gasteiger partial charge in [-0.05, 0) is 42.7 Å². The van der Waals surface area contributed by atoms with Gasteiger partial charge in [-0.1, -0.05) is 79.3 Å². The van der Waals surface area contributed by atoms with Gasteiger partial charge in [0.25, 0.3) is 0 Å². The smallest absolute Gasteiger partial charge is 0.233 e. The van der Waals surface area contributed by atoms with Crippen molar-refractivity contribution in [2.45, 2.75) is 36.8 Å². The Kier molecular flexibility index (Phi) is 8.15. The molecule has 0 aliphatic rings. The molecule has 8 heteroatoms. The molecule has 3 aromatic carbocycles. The molecule has 2 unspecified atom stereocenters. The van der Waals surface area contributed by atoms with Gasteiger partial charge in [0.05, 0.1) is 5.25 Å². The van der Waals surface area contributed by atoms with Gasteiger partial charge in [-0.3, -0.25) is 9.36 Å². The number of nitrogens with zero attached hydrogens (tertiary/aromatic N) is 3. The number of thioether (sulfide) groups is 1. The van der Waals surface area contributed by atoms with Crippen LogP contribution in [0.4, 0.5) is 4.39 Å². The quantitative estimate of drug-likeness (QED) is 0.302. The highest BCUT2D eigenvalue weighted by atomic mass is 32.2. The van der Waals surface area contributed by atoms with Gasteiger partial charge < -0.3 is 10.1 Å². The number of halogens is 1. The lowest BCUT2D eigenvalue weighted by Crippen LogP contribution is -2.33. The minimum absolute atomic E-state index is 0.0263. The van der Waals surface area contributed by atoms with Crippen LogP contribution in [0.3, 0.4) is 0 Å². The highest BCUT2D eigenvalue weighted by Gasteiger charge is 2.22. The van der Waals surface area contributed by atoms with Crippen LogP contribution in [0.1, 0.15) is 31.2 Å². The second kappa shape index (κ2) is 11.7. The number of carbonyl (C=O) groups is 1. The largest absolute Gasteiger partial charge is 0.483 e. The molecule has 0 saturated carbocycles. The van der Waals surface area contributed by atoms with Crippen LogP contribution in [0.2, 0.25) is 0 Å². The van der Waals surface area contributed by atoms with E-state index >= 15 is 0 Å². The first-order valence-electron chi connectivity index (χ1n) is 11.4. The van der Waals surface area contributed by atoms with Crippen LogP contribution in [-0.4, -0.2) is 32.5 Å². The molecule has 0 radical (unpaired) electrons. The number of hydrogen-bond acceptors (Lipinski definition) is 5. The Morgan fingerprint density at radius 2 is 1.63 bits per heavy atom. The molecule has 2 atom stereocenters. The van der Waals surface area contributed by atoms with E-state index in [0.717, 1.165) is 5.69 Å². The van der Waals surface area contributed by atoms with Crippen molar-refractivity contribution in [1.82, 2.24) is 20.1 Å². The van der Waals surface area contributed by atoms with Crippen molar-refractivity contribution < 1.29 is 13.9 Å². The number of benzene rings is 3. The Morgan fingerprint density at radius 3 is 2.34 bits per heavy atom. The maximum absolute atomic E-state index is 14.0. The van der Waals surface area contributed by atoms with Crippen molar-refractivity contribution in [3.63, 3.8) is 0 Å². The molecule has 1 aromatic heterocycles. The molecule has 0 bridgehead atoms. The highest BCUT2D eigenvalue weighted by molar-refractivity contribution is 8.00. The number of ether oxygens (including phenoxy) is 1. The van der Waals surface area contributed by atoms with Gasteiger partial charge in [-0.15, -0.1) is 10.2 Å². The van der Waals surface area contributed by atoms with Crippen molar-refractivity contribution >= 4 is 17.7 Å². The monoisotopic (exact) mass is 490 g/mol. The average molecular weight is 491 g/mol. The summed E-state index contributed by atoms with van der Waals surface area (Å²) in [6.45, 7) is 4.49. The summed E-state index contributed by atoms with van der Waals surface area (Å²) >= 11 is 1.31. The van der Waals surface area contributed by atoms with E-state index in [1.807, 2.05) is 60.0 Å². The van der Waals surface area contributed by atoms with E-state index in [-0.39, 0.29) is 24.2 Å². The molecular weight excluding hydrogens is 463 g/mol. The third-order valence-electron chi connectivity index (χ3n) is 5.51. The lowest BCUT2D eigenvalue weighted by atomic mass is 10.0. The lowest BCUT2D eigenvalue weighted by molar-refractivity contribution is -0.120. The van der Waals surface area contributed by atoms with Crippen LogP contribution in [0.5, 0.6) is 5.75 Å². The van der Waals surface area contributed by atoms with Crippen LogP contribution in [0.25, 0.3) is 5.69 Å². The molecule has 35 heavy (non-hydrogen) atoms. The minimum Gasteiger partial charge on any atom is -0.483 e. The van der Waals surface area contributed by atoms with Crippen LogP contribution >= 0.6 is 11.8 Å². The third kappa shape index (κ3) is 6.27. The predicted octanol–water partition coefficient (Wildman–Crippen LogP) is 5.39. The van der Waals surface area contributed by atoms with Crippen molar-refractivity contribution in [2.75, 3.05) is 6.54 Å². The summed E-state index contributed by atoms with van der Waals surface area (Å²) in [4.78, 5) is 12.8. The van der Waals surface area contributed by atoms with Gasteiger partial charge in [0, 0.05) is 12.2 Å². The Balaban J connectivity index is 1.46. The van der Waals surface area contributed by atoms with Gasteiger partial charge in [0.2, 0.25) is 5.91 Å². The normalized spacial score (nSPS) is 12.7. The lowest BCUT2D eigenvalue weighted by Gasteiger charge is -2.16. The number of para-hydroxylation sites is 2. The van der Waals surface area contributed by atoms with Gasteiger partial charge >= 0.3 is 0 Å². The Bertz CT molecular complexity index is 1250.